The van der Waals surface area contributed by atoms with Gasteiger partial charge in [0, 0.05) is 0 Å². The minimum absolute atomic E-state index is 0.364. The van der Waals surface area contributed by atoms with Crippen molar-refractivity contribution in [3.8, 4) is 0 Å². The molecule has 0 nitrogen and oxygen atoms in total. The minimum Gasteiger partial charge on any atom is -0.103 e. The van der Waals surface area contributed by atoms with Crippen molar-refractivity contribution in [3.63, 3.8) is 0 Å². The van der Waals surface area contributed by atoms with Crippen molar-refractivity contribution in [1.29, 1.82) is 0 Å². The summed E-state index contributed by atoms with van der Waals surface area (Å²) >= 11 is 0. The van der Waals surface area contributed by atoms with Gasteiger partial charge in [-0.25, -0.2) is 0 Å². The maximum absolute atomic E-state index is 3.70. The zero-order valence-corrected chi connectivity index (χ0v) is 8.93. The summed E-state index contributed by atoms with van der Waals surface area (Å²) in [4.78, 5) is 0. The Balaban J connectivity index is 4.22. The molecule has 0 aromatic heterocycles. The zero-order chi connectivity index (χ0) is 9.61. The maximum atomic E-state index is 3.70. The molecule has 1 unspecified atom stereocenters. The Hall–Kier alpha value is -0.520. The molecule has 0 aliphatic rings. The van der Waals surface area contributed by atoms with Crippen LogP contribution in [0.4, 0.5) is 0 Å². The summed E-state index contributed by atoms with van der Waals surface area (Å²) in [6.45, 7) is 12.8. The van der Waals surface area contributed by atoms with Gasteiger partial charge in [0.05, 0.1) is 0 Å². The van der Waals surface area contributed by atoms with Crippen molar-refractivity contribution in [2.24, 2.45) is 11.3 Å². The second-order valence-corrected chi connectivity index (χ2v) is 3.94. The molecule has 0 aliphatic heterocycles. The van der Waals surface area contributed by atoms with Gasteiger partial charge >= 0.3 is 0 Å². The van der Waals surface area contributed by atoms with Gasteiger partial charge in [0.1, 0.15) is 0 Å². The van der Waals surface area contributed by atoms with E-state index < -0.39 is 0 Å². The van der Waals surface area contributed by atoms with Crippen LogP contribution in [0.25, 0.3) is 0 Å². The highest BCUT2D eigenvalue weighted by Crippen LogP contribution is 2.32. The lowest BCUT2D eigenvalue weighted by molar-refractivity contribution is 0.286. The first kappa shape index (κ1) is 11.5. The predicted octanol–water partition coefficient (Wildman–Crippen LogP) is 4.19. The maximum Gasteiger partial charge on any atom is -0.0126 e. The average Bonchev–Trinajstić information content (AvgIpc) is 2.04. The molecule has 0 saturated carbocycles. The number of rotatable bonds is 5. The van der Waals surface area contributed by atoms with E-state index in [-0.39, 0.29) is 0 Å². The number of allylic oxidation sites excluding steroid dienone is 3. The Bertz CT molecular complexity index is 153. The minimum atomic E-state index is 0.364. The van der Waals surface area contributed by atoms with E-state index in [9.17, 15) is 0 Å². The fourth-order valence-corrected chi connectivity index (χ4v) is 1.15. The second kappa shape index (κ2) is 5.18. The zero-order valence-electron chi connectivity index (χ0n) is 8.93. The molecule has 0 aromatic carbocycles. The molecule has 0 aromatic rings. The molecule has 0 N–H and O–H groups in total. The summed E-state index contributed by atoms with van der Waals surface area (Å²) in [7, 11) is 0. The Morgan fingerprint density at radius 1 is 1.42 bits per heavy atom. The van der Waals surface area contributed by atoms with Crippen molar-refractivity contribution in [2.45, 2.75) is 40.5 Å². The molecule has 0 amide bonds. The van der Waals surface area contributed by atoms with Gasteiger partial charge in [0.25, 0.3) is 0 Å². The molecule has 0 fully saturated rings. The molecule has 0 bridgehead atoms. The average molecular weight is 166 g/mol. The van der Waals surface area contributed by atoms with Gasteiger partial charge in [-0.05, 0) is 24.2 Å². The third kappa shape index (κ3) is 3.25. The Morgan fingerprint density at radius 2 is 2.00 bits per heavy atom. The topological polar surface area (TPSA) is 0 Å². The quantitative estimate of drug-likeness (QED) is 0.537. The van der Waals surface area contributed by atoms with Gasteiger partial charge in [-0.15, -0.1) is 6.58 Å². The molecular formula is C12H22. The molecule has 12 heavy (non-hydrogen) atoms. The first-order valence-electron chi connectivity index (χ1n) is 4.85. The normalized spacial score (nSPS) is 16.8. The van der Waals surface area contributed by atoms with E-state index in [0.717, 1.165) is 6.42 Å². The van der Waals surface area contributed by atoms with Crippen molar-refractivity contribution in [2.75, 3.05) is 0 Å². The molecule has 1 atom stereocenters. The highest BCUT2D eigenvalue weighted by molar-refractivity contribution is 5.00. The van der Waals surface area contributed by atoms with Crippen LogP contribution in [0.15, 0.2) is 24.8 Å². The fourth-order valence-electron chi connectivity index (χ4n) is 1.15. The highest BCUT2D eigenvalue weighted by atomic mass is 14.3. The van der Waals surface area contributed by atoms with Gasteiger partial charge in [-0.1, -0.05) is 45.9 Å². The molecular weight excluding hydrogens is 144 g/mol. The van der Waals surface area contributed by atoms with Crippen LogP contribution in [-0.4, -0.2) is 0 Å². The monoisotopic (exact) mass is 166 g/mol. The van der Waals surface area contributed by atoms with E-state index in [1.807, 2.05) is 6.08 Å². The van der Waals surface area contributed by atoms with Crippen LogP contribution >= 0.6 is 0 Å². The first-order valence-corrected chi connectivity index (χ1v) is 4.85. The van der Waals surface area contributed by atoms with Gasteiger partial charge in [-0.3, -0.25) is 0 Å². The summed E-state index contributed by atoms with van der Waals surface area (Å²) < 4.78 is 0. The van der Waals surface area contributed by atoms with Crippen LogP contribution in [0.3, 0.4) is 0 Å². The molecule has 0 heteroatoms. The lowest BCUT2D eigenvalue weighted by atomic mass is 9.76. The van der Waals surface area contributed by atoms with Crippen molar-refractivity contribution >= 4 is 0 Å². The highest BCUT2D eigenvalue weighted by Gasteiger charge is 2.21. The van der Waals surface area contributed by atoms with Crippen LogP contribution < -0.4 is 0 Å². The van der Waals surface area contributed by atoms with Crippen molar-refractivity contribution in [3.05, 3.63) is 24.8 Å². The van der Waals surface area contributed by atoms with Gasteiger partial charge in [0.15, 0.2) is 0 Å². The lowest BCUT2D eigenvalue weighted by Crippen LogP contribution is -2.19. The largest absolute Gasteiger partial charge is 0.103 e. The van der Waals surface area contributed by atoms with Gasteiger partial charge in [-0.2, -0.15) is 0 Å². The van der Waals surface area contributed by atoms with Crippen LogP contribution in [-0.2, 0) is 0 Å². The van der Waals surface area contributed by atoms with E-state index in [0.29, 0.717) is 11.3 Å². The molecule has 0 saturated heterocycles. The van der Waals surface area contributed by atoms with Crippen LogP contribution in [0.1, 0.15) is 40.5 Å². The lowest BCUT2D eigenvalue weighted by Gasteiger charge is -2.29. The third-order valence-electron chi connectivity index (χ3n) is 2.88. The molecule has 0 spiro atoms. The summed E-state index contributed by atoms with van der Waals surface area (Å²) in [5.74, 6) is 0.712. The van der Waals surface area contributed by atoms with Crippen LogP contribution in [0, 0.1) is 11.3 Å². The predicted molar refractivity (Wildman–Crippen MR) is 57.2 cm³/mol. The van der Waals surface area contributed by atoms with E-state index in [2.05, 4.69) is 46.4 Å². The number of hydrogen-bond donors (Lipinski definition) is 0. The SMILES string of the molecule is C=CC/C=C\C(C)(CC)C(C)C. The fraction of sp³-hybridized carbons (Fsp3) is 0.667. The first-order chi connectivity index (χ1) is 5.56. The molecule has 0 heterocycles. The van der Waals surface area contributed by atoms with Gasteiger partial charge < -0.3 is 0 Å². The second-order valence-electron chi connectivity index (χ2n) is 3.94. The van der Waals surface area contributed by atoms with Crippen molar-refractivity contribution in [1.82, 2.24) is 0 Å². The van der Waals surface area contributed by atoms with Crippen molar-refractivity contribution < 1.29 is 0 Å². The third-order valence-corrected chi connectivity index (χ3v) is 2.88. The smallest absolute Gasteiger partial charge is 0.0126 e. The number of hydrogen-bond acceptors (Lipinski definition) is 0. The van der Waals surface area contributed by atoms with E-state index in [4.69, 9.17) is 0 Å². The Labute approximate surface area is 77.4 Å². The van der Waals surface area contributed by atoms with E-state index in [1.54, 1.807) is 0 Å². The standard InChI is InChI=1S/C12H22/c1-6-8-9-10-12(5,7-2)11(3)4/h6,9-11H,1,7-8H2,2-5H3/b10-9-. The Morgan fingerprint density at radius 3 is 2.33 bits per heavy atom. The van der Waals surface area contributed by atoms with Crippen LogP contribution in [0.2, 0.25) is 0 Å². The Kier molecular flexibility index (Phi) is 4.96. The molecule has 0 radical (unpaired) electrons. The molecule has 70 valence electrons. The van der Waals surface area contributed by atoms with E-state index in [1.165, 1.54) is 6.42 Å². The van der Waals surface area contributed by atoms with E-state index >= 15 is 0 Å². The summed E-state index contributed by atoms with van der Waals surface area (Å²) in [5.41, 5.74) is 0.364. The molecule has 0 aliphatic carbocycles. The van der Waals surface area contributed by atoms with Gasteiger partial charge in [0.2, 0.25) is 0 Å². The van der Waals surface area contributed by atoms with Crippen LogP contribution in [0.5, 0.6) is 0 Å². The summed E-state index contributed by atoms with van der Waals surface area (Å²) in [6.07, 6.45) is 8.68. The molecule has 0 rings (SSSR count). The summed E-state index contributed by atoms with van der Waals surface area (Å²) in [6, 6.07) is 0. The summed E-state index contributed by atoms with van der Waals surface area (Å²) in [5, 5.41) is 0.